The second-order valence-corrected chi connectivity index (χ2v) is 4.89. The molecule has 0 radical (unpaired) electrons. The van der Waals surface area contributed by atoms with E-state index >= 15 is 0 Å². The molecule has 0 aliphatic carbocycles. The van der Waals surface area contributed by atoms with Gasteiger partial charge in [0.05, 0.1) is 0 Å². The first kappa shape index (κ1) is 13.1. The van der Waals surface area contributed by atoms with Crippen molar-refractivity contribution in [1.29, 1.82) is 0 Å². The van der Waals surface area contributed by atoms with Crippen LogP contribution < -0.4 is 10.9 Å². The van der Waals surface area contributed by atoms with Crippen LogP contribution in [0.1, 0.15) is 11.1 Å². The molecule has 2 aromatic carbocycles. The third kappa shape index (κ3) is 3.31. The molecule has 0 unspecified atom stereocenters. The maximum Gasteiger partial charge on any atom is 0.127 e. The Morgan fingerprint density at radius 3 is 2.61 bits per heavy atom. The predicted octanol–water partition coefficient (Wildman–Crippen LogP) is 4.01. The monoisotopic (exact) mass is 308 g/mol. The number of benzene rings is 2. The van der Waals surface area contributed by atoms with Gasteiger partial charge < -0.3 is 5.43 Å². The van der Waals surface area contributed by atoms with E-state index in [0.29, 0.717) is 12.1 Å². The number of anilines is 1. The van der Waals surface area contributed by atoms with Gasteiger partial charge in [-0.1, -0.05) is 40.2 Å². The minimum atomic E-state index is -0.193. The van der Waals surface area contributed by atoms with E-state index in [4.69, 9.17) is 0 Å². The molecule has 0 amide bonds. The summed E-state index contributed by atoms with van der Waals surface area (Å²) in [5.74, 6) is -0.193. The summed E-state index contributed by atoms with van der Waals surface area (Å²) in [4.78, 5) is 0. The second-order valence-electron chi connectivity index (χ2n) is 4.04. The Bertz CT molecular complexity index is 529. The third-order valence-corrected chi connectivity index (χ3v) is 3.35. The van der Waals surface area contributed by atoms with Crippen LogP contribution in [0.15, 0.2) is 46.9 Å². The molecule has 94 valence electrons. The summed E-state index contributed by atoms with van der Waals surface area (Å²) in [6, 6.07) is 13.2. The van der Waals surface area contributed by atoms with Crippen LogP contribution in [-0.2, 0) is 6.54 Å². The molecule has 0 heterocycles. The highest BCUT2D eigenvalue weighted by Gasteiger charge is 2.04. The molecule has 0 saturated heterocycles. The lowest BCUT2D eigenvalue weighted by atomic mass is 10.1. The number of nitrogens with one attached hydrogen (secondary N) is 2. The molecular weight excluding hydrogens is 295 g/mol. The molecule has 0 atom stereocenters. The first-order chi connectivity index (χ1) is 8.66. The zero-order valence-electron chi connectivity index (χ0n) is 10.0. The Balaban J connectivity index is 1.97. The molecule has 0 aromatic heterocycles. The van der Waals surface area contributed by atoms with Gasteiger partial charge >= 0.3 is 0 Å². The van der Waals surface area contributed by atoms with Crippen LogP contribution in [0.25, 0.3) is 0 Å². The van der Waals surface area contributed by atoms with E-state index in [9.17, 15) is 4.39 Å². The zero-order chi connectivity index (χ0) is 13.0. The summed E-state index contributed by atoms with van der Waals surface area (Å²) in [6.07, 6.45) is 0. The van der Waals surface area contributed by atoms with Gasteiger partial charge in [-0.25, -0.2) is 9.82 Å². The Kier molecular flexibility index (Phi) is 4.33. The molecule has 0 aliphatic heterocycles. The van der Waals surface area contributed by atoms with Crippen molar-refractivity contribution in [2.24, 2.45) is 0 Å². The molecule has 18 heavy (non-hydrogen) atoms. The Morgan fingerprint density at radius 1 is 1.17 bits per heavy atom. The summed E-state index contributed by atoms with van der Waals surface area (Å²) in [5.41, 5.74) is 8.85. The van der Waals surface area contributed by atoms with Crippen molar-refractivity contribution in [1.82, 2.24) is 5.43 Å². The third-order valence-electron chi connectivity index (χ3n) is 2.61. The summed E-state index contributed by atoms with van der Waals surface area (Å²) < 4.78 is 14.1. The van der Waals surface area contributed by atoms with Crippen molar-refractivity contribution >= 4 is 21.6 Å². The van der Waals surface area contributed by atoms with Gasteiger partial charge in [-0.2, -0.15) is 0 Å². The Morgan fingerprint density at radius 2 is 1.89 bits per heavy atom. The highest BCUT2D eigenvalue weighted by Crippen LogP contribution is 2.20. The molecule has 2 rings (SSSR count). The summed E-state index contributed by atoms with van der Waals surface area (Å²) in [7, 11) is 0. The maximum atomic E-state index is 13.3. The Labute approximate surface area is 114 Å². The lowest BCUT2D eigenvalue weighted by Gasteiger charge is -2.10. The topological polar surface area (TPSA) is 24.1 Å². The van der Waals surface area contributed by atoms with Gasteiger partial charge in [0.2, 0.25) is 0 Å². The number of hydrazine groups is 1. The smallest absolute Gasteiger partial charge is 0.127 e. The van der Waals surface area contributed by atoms with Crippen LogP contribution in [0.2, 0.25) is 0 Å². The lowest BCUT2D eigenvalue weighted by Crippen LogP contribution is -2.21. The summed E-state index contributed by atoms with van der Waals surface area (Å²) >= 11 is 3.36. The van der Waals surface area contributed by atoms with Crippen LogP contribution in [-0.4, -0.2) is 0 Å². The van der Waals surface area contributed by atoms with Crippen LogP contribution in [0.4, 0.5) is 10.1 Å². The maximum absolute atomic E-state index is 13.3. The first-order valence-corrected chi connectivity index (χ1v) is 6.44. The van der Waals surface area contributed by atoms with E-state index in [0.717, 1.165) is 15.7 Å². The van der Waals surface area contributed by atoms with Gasteiger partial charge in [-0.05, 0) is 36.2 Å². The molecule has 0 saturated carbocycles. The fourth-order valence-electron chi connectivity index (χ4n) is 1.62. The van der Waals surface area contributed by atoms with Crippen LogP contribution in [0, 0.1) is 12.7 Å². The number of aryl methyl sites for hydroxylation is 1. The van der Waals surface area contributed by atoms with E-state index < -0.39 is 0 Å². The minimum absolute atomic E-state index is 0.193. The lowest BCUT2D eigenvalue weighted by molar-refractivity contribution is 0.615. The van der Waals surface area contributed by atoms with E-state index in [1.54, 1.807) is 6.92 Å². The molecule has 0 spiro atoms. The predicted molar refractivity (Wildman–Crippen MR) is 75.7 cm³/mol. The van der Waals surface area contributed by atoms with Crippen molar-refractivity contribution in [2.45, 2.75) is 13.5 Å². The number of rotatable bonds is 4. The standard InChI is InChI=1S/C14H14BrFN2/c1-10-7-11(13(15)8-14(10)16)9-17-18-12-5-3-2-4-6-12/h2-8,17-18H,9H2,1H3. The normalized spacial score (nSPS) is 10.4. The van der Waals surface area contributed by atoms with Gasteiger partial charge in [0.1, 0.15) is 5.82 Å². The van der Waals surface area contributed by atoms with Gasteiger partial charge in [0.15, 0.2) is 0 Å². The van der Waals surface area contributed by atoms with E-state index in [1.807, 2.05) is 36.4 Å². The highest BCUT2D eigenvalue weighted by atomic mass is 79.9. The number of hydrogen-bond donors (Lipinski definition) is 2. The quantitative estimate of drug-likeness (QED) is 0.834. The average Bonchev–Trinajstić information content (AvgIpc) is 2.37. The van der Waals surface area contributed by atoms with Crippen LogP contribution in [0.3, 0.4) is 0 Å². The molecule has 0 fully saturated rings. The molecule has 0 bridgehead atoms. The highest BCUT2D eigenvalue weighted by molar-refractivity contribution is 9.10. The first-order valence-electron chi connectivity index (χ1n) is 5.65. The van der Waals surface area contributed by atoms with Gasteiger partial charge in [0, 0.05) is 16.7 Å². The minimum Gasteiger partial charge on any atom is -0.321 e. The molecule has 0 aliphatic rings. The molecule has 4 heteroatoms. The van der Waals surface area contributed by atoms with Crippen molar-refractivity contribution in [3.8, 4) is 0 Å². The van der Waals surface area contributed by atoms with Crippen molar-refractivity contribution in [3.63, 3.8) is 0 Å². The van der Waals surface area contributed by atoms with E-state index in [-0.39, 0.29) is 5.82 Å². The molecular formula is C14H14BrFN2. The van der Waals surface area contributed by atoms with Crippen molar-refractivity contribution in [3.05, 3.63) is 63.9 Å². The number of hydrogen-bond acceptors (Lipinski definition) is 2. The number of para-hydroxylation sites is 1. The molecule has 2 aromatic rings. The fraction of sp³-hybridized carbons (Fsp3) is 0.143. The number of halogens is 2. The van der Waals surface area contributed by atoms with E-state index in [2.05, 4.69) is 26.8 Å². The van der Waals surface area contributed by atoms with Gasteiger partial charge in [-0.3, -0.25) is 0 Å². The van der Waals surface area contributed by atoms with Crippen molar-refractivity contribution < 1.29 is 4.39 Å². The molecule has 2 nitrogen and oxygen atoms in total. The largest absolute Gasteiger partial charge is 0.321 e. The molecule has 2 N–H and O–H groups in total. The summed E-state index contributed by atoms with van der Waals surface area (Å²) in [5, 5.41) is 0. The van der Waals surface area contributed by atoms with Crippen LogP contribution in [0.5, 0.6) is 0 Å². The SMILES string of the molecule is Cc1cc(CNNc2ccccc2)c(Br)cc1F. The van der Waals surface area contributed by atoms with E-state index in [1.165, 1.54) is 6.07 Å². The van der Waals surface area contributed by atoms with Crippen molar-refractivity contribution in [2.75, 3.05) is 5.43 Å². The second kappa shape index (κ2) is 5.98. The average molecular weight is 309 g/mol. The summed E-state index contributed by atoms with van der Waals surface area (Å²) in [6.45, 7) is 2.37. The zero-order valence-corrected chi connectivity index (χ0v) is 11.6. The fourth-order valence-corrected chi connectivity index (χ4v) is 2.07. The van der Waals surface area contributed by atoms with Gasteiger partial charge in [0.25, 0.3) is 0 Å². The van der Waals surface area contributed by atoms with Gasteiger partial charge in [-0.15, -0.1) is 0 Å². The van der Waals surface area contributed by atoms with Crippen LogP contribution >= 0.6 is 15.9 Å². The Hall–Kier alpha value is -1.39.